The Morgan fingerprint density at radius 2 is 1.76 bits per heavy atom. The largest absolute Gasteiger partial charge is 0.391 e. The maximum absolute atomic E-state index is 13.9. The van der Waals surface area contributed by atoms with Crippen LogP contribution in [-0.2, 0) is 14.4 Å². The fourth-order valence-electron chi connectivity index (χ4n) is 6.03. The first-order chi connectivity index (χ1) is 17.5. The van der Waals surface area contributed by atoms with Crippen LogP contribution in [0.25, 0.3) is 0 Å². The summed E-state index contributed by atoms with van der Waals surface area (Å²) >= 11 is 0. The molecule has 2 aliphatic heterocycles. The van der Waals surface area contributed by atoms with Crippen LogP contribution < -0.4 is 5.32 Å². The Morgan fingerprint density at radius 1 is 1.08 bits per heavy atom. The highest BCUT2D eigenvalue weighted by Gasteiger charge is 2.46. The normalized spacial score (nSPS) is 29.6. The summed E-state index contributed by atoms with van der Waals surface area (Å²) in [6.45, 7) is 10.9. The lowest BCUT2D eigenvalue weighted by Crippen LogP contribution is -2.60. The van der Waals surface area contributed by atoms with Gasteiger partial charge in [-0.05, 0) is 31.1 Å². The fraction of sp³-hybridized carbons (Fsp3) is 0.808. The van der Waals surface area contributed by atoms with E-state index in [-0.39, 0.29) is 36.7 Å². The van der Waals surface area contributed by atoms with Crippen LogP contribution >= 0.6 is 0 Å². The Morgan fingerprint density at radius 3 is 2.35 bits per heavy atom. The lowest BCUT2D eigenvalue weighted by atomic mass is 9.84. The van der Waals surface area contributed by atoms with Crippen molar-refractivity contribution in [2.45, 2.75) is 96.0 Å². The third kappa shape index (κ3) is 5.52. The van der Waals surface area contributed by atoms with E-state index in [0.29, 0.717) is 12.0 Å². The van der Waals surface area contributed by atoms with Crippen molar-refractivity contribution in [3.63, 3.8) is 0 Å². The Kier molecular flexibility index (Phi) is 7.04. The van der Waals surface area contributed by atoms with Gasteiger partial charge in [0.15, 0.2) is 0 Å². The minimum Gasteiger partial charge on any atom is -0.391 e. The number of piperazine rings is 1. The maximum Gasteiger partial charge on any atom is 0.248 e. The van der Waals surface area contributed by atoms with Gasteiger partial charge in [0.25, 0.3) is 0 Å². The number of likely N-dealkylation sites (tertiary alicyclic amines) is 1. The van der Waals surface area contributed by atoms with Crippen molar-refractivity contribution >= 4 is 17.7 Å². The molecule has 0 aromatic carbocycles. The van der Waals surface area contributed by atoms with E-state index in [2.05, 4.69) is 20.5 Å². The van der Waals surface area contributed by atoms with Gasteiger partial charge in [-0.1, -0.05) is 26.0 Å². The van der Waals surface area contributed by atoms with Crippen molar-refractivity contribution < 1.29 is 19.5 Å². The molecule has 2 N–H and O–H groups in total. The Bertz CT molecular complexity index is 1020. The van der Waals surface area contributed by atoms with E-state index >= 15 is 0 Å². The molecule has 4 fully saturated rings. The van der Waals surface area contributed by atoms with E-state index in [9.17, 15) is 19.5 Å². The minimum atomic E-state index is -0.732. The second-order valence-corrected chi connectivity index (χ2v) is 12.4. The first-order valence-electron chi connectivity index (χ1n) is 13.7. The molecule has 2 aliphatic carbocycles. The minimum absolute atomic E-state index is 0.0628. The van der Waals surface area contributed by atoms with E-state index < -0.39 is 23.6 Å². The average molecular weight is 516 g/mol. The van der Waals surface area contributed by atoms with Crippen LogP contribution in [0, 0.1) is 5.41 Å². The molecule has 2 saturated heterocycles. The molecular formula is C26H41N7O4. The van der Waals surface area contributed by atoms with Crippen LogP contribution in [0.3, 0.4) is 0 Å². The molecule has 0 unspecified atom stereocenters. The molecule has 1 aromatic heterocycles. The van der Waals surface area contributed by atoms with Gasteiger partial charge in [-0.2, -0.15) is 0 Å². The van der Waals surface area contributed by atoms with Gasteiger partial charge >= 0.3 is 0 Å². The number of nitrogens with one attached hydrogen (secondary N) is 1. The Balaban J connectivity index is 1.19. The van der Waals surface area contributed by atoms with Crippen LogP contribution in [-0.4, -0.2) is 109 Å². The number of aromatic nitrogens is 3. The molecule has 11 nitrogen and oxygen atoms in total. The second-order valence-electron chi connectivity index (χ2n) is 12.4. The van der Waals surface area contributed by atoms with Crippen molar-refractivity contribution in [2.75, 3.05) is 32.7 Å². The van der Waals surface area contributed by atoms with Gasteiger partial charge in [-0.15, -0.1) is 5.10 Å². The van der Waals surface area contributed by atoms with E-state index in [1.165, 1.54) is 0 Å². The van der Waals surface area contributed by atoms with Gasteiger partial charge in [0.1, 0.15) is 12.1 Å². The Labute approximate surface area is 218 Å². The summed E-state index contributed by atoms with van der Waals surface area (Å²) < 4.78 is 1.65. The van der Waals surface area contributed by atoms with Gasteiger partial charge < -0.3 is 20.2 Å². The Hall–Kier alpha value is -2.53. The zero-order valence-electron chi connectivity index (χ0n) is 22.5. The quantitative estimate of drug-likeness (QED) is 0.566. The van der Waals surface area contributed by atoms with Gasteiger partial charge in [-0.3, -0.25) is 19.3 Å². The molecule has 3 heterocycles. The molecule has 3 amide bonds. The number of β-amino-alcohol motifs (C(OH)–C–C–N with tert-alkyl or cyclic N) is 1. The van der Waals surface area contributed by atoms with Crippen LogP contribution in [0.4, 0.5) is 0 Å². The molecule has 1 aromatic rings. The summed E-state index contributed by atoms with van der Waals surface area (Å²) in [6.07, 6.45) is 5.31. The molecule has 0 radical (unpaired) electrons. The maximum atomic E-state index is 13.9. The van der Waals surface area contributed by atoms with Crippen LogP contribution in [0.5, 0.6) is 0 Å². The van der Waals surface area contributed by atoms with Gasteiger partial charge in [-0.25, -0.2) is 4.68 Å². The number of carbonyl (C=O) groups excluding carboxylic acids is 3. The second kappa shape index (κ2) is 9.98. The molecule has 3 atom stereocenters. The summed E-state index contributed by atoms with van der Waals surface area (Å²) in [6, 6.07) is -0.843. The molecule has 5 rings (SSSR count). The predicted octanol–water partition coefficient (Wildman–Crippen LogP) is 0.516. The molecule has 11 heteroatoms. The lowest BCUT2D eigenvalue weighted by Gasteiger charge is -2.46. The van der Waals surface area contributed by atoms with Crippen molar-refractivity contribution in [3.05, 3.63) is 11.9 Å². The number of nitrogens with zero attached hydrogens (tertiary/aromatic N) is 6. The zero-order chi connectivity index (χ0) is 26.5. The van der Waals surface area contributed by atoms with E-state index in [0.717, 1.165) is 57.6 Å². The molecule has 37 heavy (non-hydrogen) atoms. The predicted molar refractivity (Wildman–Crippen MR) is 135 cm³/mol. The monoisotopic (exact) mass is 515 g/mol. The number of rotatable bonds is 6. The van der Waals surface area contributed by atoms with E-state index in [4.69, 9.17) is 0 Å². The van der Waals surface area contributed by atoms with Gasteiger partial charge in [0.2, 0.25) is 17.7 Å². The highest BCUT2D eigenvalue weighted by atomic mass is 16.3. The number of hydrogen-bond acceptors (Lipinski definition) is 7. The summed E-state index contributed by atoms with van der Waals surface area (Å²) in [7, 11) is 0. The summed E-state index contributed by atoms with van der Waals surface area (Å²) in [5, 5.41) is 22.2. The smallest absolute Gasteiger partial charge is 0.248 e. The number of aliphatic hydroxyl groups excluding tert-OH is 1. The third-order valence-corrected chi connectivity index (χ3v) is 8.44. The SMILES string of the molecule is CC(=O)N1CCN(C2CC(NC(=O)[C@@H]3C[C@@H](O)CN3C(=O)[C@@H](n3cc(C4CC4)nn3)C(C)(C)C)C2)CC1. The molecule has 4 aliphatic rings. The highest BCUT2D eigenvalue weighted by molar-refractivity contribution is 5.90. The number of carbonyl (C=O) groups is 3. The van der Waals surface area contributed by atoms with Gasteiger partial charge in [0.05, 0.1) is 11.8 Å². The lowest BCUT2D eigenvalue weighted by molar-refractivity contribution is -0.144. The van der Waals surface area contributed by atoms with Gasteiger partial charge in [0, 0.05) is 70.3 Å². The van der Waals surface area contributed by atoms with Crippen LogP contribution in [0.2, 0.25) is 0 Å². The molecule has 0 bridgehead atoms. The highest BCUT2D eigenvalue weighted by Crippen LogP contribution is 2.40. The third-order valence-electron chi connectivity index (χ3n) is 8.44. The van der Waals surface area contributed by atoms with Crippen molar-refractivity contribution in [1.29, 1.82) is 0 Å². The van der Waals surface area contributed by atoms with Crippen molar-refractivity contribution in [2.24, 2.45) is 5.41 Å². The van der Waals surface area contributed by atoms with Crippen LogP contribution in [0.1, 0.15) is 77.5 Å². The van der Waals surface area contributed by atoms with Crippen LogP contribution in [0.15, 0.2) is 6.20 Å². The van der Waals surface area contributed by atoms with E-state index in [1.54, 1.807) is 16.5 Å². The first kappa shape index (κ1) is 26.1. The molecular weight excluding hydrogens is 474 g/mol. The molecule has 0 spiro atoms. The van der Waals surface area contributed by atoms with Crippen molar-refractivity contribution in [1.82, 2.24) is 35.0 Å². The molecule has 204 valence electrons. The summed E-state index contributed by atoms with van der Waals surface area (Å²) in [5.74, 6) is 0.156. The number of aliphatic hydroxyl groups is 1. The number of hydrogen-bond donors (Lipinski definition) is 2. The summed E-state index contributed by atoms with van der Waals surface area (Å²) in [5.41, 5.74) is 0.466. The first-order valence-corrected chi connectivity index (χ1v) is 13.7. The summed E-state index contributed by atoms with van der Waals surface area (Å²) in [4.78, 5) is 44.6. The van der Waals surface area contributed by atoms with Crippen molar-refractivity contribution in [3.8, 4) is 0 Å². The topological polar surface area (TPSA) is 124 Å². The van der Waals surface area contributed by atoms with E-state index in [1.807, 2.05) is 31.9 Å². The fourth-order valence-corrected chi connectivity index (χ4v) is 6.03. The molecule has 2 saturated carbocycles. The number of amides is 3. The standard InChI is InChI=1S/C26H41N7O4/c1-16(34)30-7-9-31(10-8-30)19-11-18(12-19)27-24(36)22-13-20(35)14-32(22)25(37)23(26(2,3)4)33-15-21(28-29-33)17-5-6-17/h15,17-20,22-23,35H,5-14H2,1-4H3,(H,27,36)/t18?,19?,20-,22+,23-/m1/s1. The average Bonchev–Trinajstić information content (AvgIpc) is 3.42. The zero-order valence-corrected chi connectivity index (χ0v) is 22.5.